The number of amides is 1. The third kappa shape index (κ3) is 2.69. The molecule has 6 heteroatoms. The van der Waals surface area contributed by atoms with Crippen molar-refractivity contribution in [1.29, 1.82) is 0 Å². The molecular formula is C12H16N2O3S. The number of carbonyl (C=O) groups is 2. The molecule has 2 heterocycles. The molecule has 1 atom stereocenters. The van der Waals surface area contributed by atoms with Crippen molar-refractivity contribution in [3.63, 3.8) is 0 Å². The molecule has 1 fully saturated rings. The van der Waals surface area contributed by atoms with E-state index in [1.54, 1.807) is 16.2 Å². The first kappa shape index (κ1) is 13.0. The van der Waals surface area contributed by atoms with Crippen LogP contribution >= 0.6 is 11.3 Å². The maximum Gasteiger partial charge on any atom is 0.308 e. The molecule has 1 saturated heterocycles. The van der Waals surface area contributed by atoms with Crippen LogP contribution < -0.4 is 0 Å². The lowest BCUT2D eigenvalue weighted by atomic mass is 9.98. The van der Waals surface area contributed by atoms with Gasteiger partial charge in [-0.15, -0.1) is 11.3 Å². The van der Waals surface area contributed by atoms with Crippen molar-refractivity contribution in [1.82, 2.24) is 9.88 Å². The van der Waals surface area contributed by atoms with Crippen LogP contribution in [0.4, 0.5) is 0 Å². The lowest BCUT2D eigenvalue weighted by Crippen LogP contribution is -2.41. The molecule has 0 bridgehead atoms. The Kier molecular flexibility index (Phi) is 3.65. The fourth-order valence-electron chi connectivity index (χ4n) is 2.04. The van der Waals surface area contributed by atoms with Gasteiger partial charge in [0.15, 0.2) is 0 Å². The summed E-state index contributed by atoms with van der Waals surface area (Å²) < 4.78 is 0. The summed E-state index contributed by atoms with van der Waals surface area (Å²) in [4.78, 5) is 29.9. The van der Waals surface area contributed by atoms with Crippen LogP contribution in [0.15, 0.2) is 0 Å². The van der Waals surface area contributed by atoms with Gasteiger partial charge in [-0.2, -0.15) is 0 Å². The van der Waals surface area contributed by atoms with E-state index in [0.717, 1.165) is 15.6 Å². The number of carboxylic acid groups (broad SMARTS) is 1. The Morgan fingerprint density at radius 1 is 1.56 bits per heavy atom. The van der Waals surface area contributed by atoms with Crippen LogP contribution in [0, 0.1) is 19.8 Å². The summed E-state index contributed by atoms with van der Waals surface area (Å²) in [7, 11) is 0. The largest absolute Gasteiger partial charge is 0.481 e. The quantitative estimate of drug-likeness (QED) is 0.903. The van der Waals surface area contributed by atoms with Crippen LogP contribution in [0.5, 0.6) is 0 Å². The fraction of sp³-hybridized carbons (Fsp3) is 0.583. The van der Waals surface area contributed by atoms with Gasteiger partial charge in [0, 0.05) is 17.8 Å². The maximum absolute atomic E-state index is 11.8. The van der Waals surface area contributed by atoms with Crippen LogP contribution in [0.1, 0.15) is 28.4 Å². The Morgan fingerprint density at radius 2 is 2.28 bits per heavy atom. The number of aromatic nitrogens is 1. The zero-order chi connectivity index (χ0) is 13.3. The molecule has 1 aliphatic heterocycles. The van der Waals surface area contributed by atoms with E-state index in [4.69, 9.17) is 5.11 Å². The van der Waals surface area contributed by atoms with Gasteiger partial charge in [-0.25, -0.2) is 4.98 Å². The third-order valence-corrected chi connectivity index (χ3v) is 4.31. The van der Waals surface area contributed by atoms with Crippen molar-refractivity contribution in [2.45, 2.75) is 33.2 Å². The van der Waals surface area contributed by atoms with E-state index < -0.39 is 11.9 Å². The van der Waals surface area contributed by atoms with Gasteiger partial charge in [0.1, 0.15) is 5.01 Å². The number of piperidine rings is 1. The van der Waals surface area contributed by atoms with Gasteiger partial charge in [0.2, 0.25) is 5.91 Å². The number of aryl methyl sites for hydroxylation is 2. The van der Waals surface area contributed by atoms with Crippen molar-refractivity contribution < 1.29 is 14.7 Å². The van der Waals surface area contributed by atoms with Gasteiger partial charge < -0.3 is 10.0 Å². The van der Waals surface area contributed by atoms with Crippen LogP contribution in [0.3, 0.4) is 0 Å². The van der Waals surface area contributed by atoms with Crippen LogP contribution in [-0.2, 0) is 16.1 Å². The molecular weight excluding hydrogens is 252 g/mol. The molecule has 1 unspecified atom stereocenters. The van der Waals surface area contributed by atoms with E-state index in [2.05, 4.69) is 4.98 Å². The van der Waals surface area contributed by atoms with E-state index in [1.165, 1.54) is 0 Å². The molecule has 0 aromatic carbocycles. The summed E-state index contributed by atoms with van der Waals surface area (Å²) in [5, 5.41) is 9.88. The minimum absolute atomic E-state index is 0.0259. The van der Waals surface area contributed by atoms with E-state index in [0.29, 0.717) is 25.9 Å². The van der Waals surface area contributed by atoms with Crippen molar-refractivity contribution in [3.8, 4) is 0 Å². The summed E-state index contributed by atoms with van der Waals surface area (Å²) in [6.07, 6.45) is 0.765. The first-order chi connectivity index (χ1) is 8.47. The number of thiazole rings is 1. The number of likely N-dealkylation sites (tertiary alicyclic amines) is 1. The minimum atomic E-state index is -0.820. The summed E-state index contributed by atoms with van der Waals surface area (Å²) >= 11 is 1.57. The van der Waals surface area contributed by atoms with Gasteiger partial charge in [-0.3, -0.25) is 9.59 Å². The van der Waals surface area contributed by atoms with Gasteiger partial charge in [0.05, 0.1) is 18.2 Å². The second kappa shape index (κ2) is 5.06. The highest BCUT2D eigenvalue weighted by atomic mass is 32.1. The van der Waals surface area contributed by atoms with Crippen LogP contribution in [-0.4, -0.2) is 33.4 Å². The van der Waals surface area contributed by atoms with E-state index in [-0.39, 0.29) is 5.91 Å². The predicted octanol–water partition coefficient (Wildman–Crippen LogP) is 1.58. The first-order valence-electron chi connectivity index (χ1n) is 5.91. The zero-order valence-electron chi connectivity index (χ0n) is 10.5. The van der Waals surface area contributed by atoms with E-state index >= 15 is 0 Å². The molecule has 5 nitrogen and oxygen atoms in total. The minimum Gasteiger partial charge on any atom is -0.481 e. The Balaban J connectivity index is 2.07. The average molecular weight is 268 g/mol. The number of carboxylic acids is 1. The Bertz CT molecular complexity index is 464. The molecule has 98 valence electrons. The standard InChI is InChI=1S/C12H16N2O3S/c1-7-8(2)18-10(13-7)6-14-5-9(12(16)17)3-4-11(14)15/h9H,3-6H2,1-2H3,(H,16,17). The number of nitrogens with zero attached hydrogens (tertiary/aromatic N) is 2. The van der Waals surface area contributed by atoms with Gasteiger partial charge in [-0.05, 0) is 20.3 Å². The average Bonchev–Trinajstić information content (AvgIpc) is 2.61. The molecule has 1 amide bonds. The monoisotopic (exact) mass is 268 g/mol. The number of hydrogen-bond acceptors (Lipinski definition) is 4. The topological polar surface area (TPSA) is 70.5 Å². The normalized spacial score (nSPS) is 20.2. The highest BCUT2D eigenvalue weighted by Crippen LogP contribution is 2.23. The fourth-order valence-corrected chi connectivity index (χ4v) is 2.99. The van der Waals surface area contributed by atoms with E-state index in [9.17, 15) is 9.59 Å². The summed E-state index contributed by atoms with van der Waals surface area (Å²) in [6.45, 7) is 4.66. The molecule has 1 aromatic rings. The molecule has 1 N–H and O–H groups in total. The number of carbonyl (C=O) groups excluding carboxylic acids is 1. The Labute approximate surface area is 109 Å². The maximum atomic E-state index is 11.8. The third-order valence-electron chi connectivity index (χ3n) is 3.25. The SMILES string of the molecule is Cc1nc(CN2CC(C(=O)O)CCC2=O)sc1C. The lowest BCUT2D eigenvalue weighted by Gasteiger charge is -2.29. The highest BCUT2D eigenvalue weighted by Gasteiger charge is 2.30. The lowest BCUT2D eigenvalue weighted by molar-refractivity contribution is -0.147. The molecule has 0 saturated carbocycles. The second-order valence-electron chi connectivity index (χ2n) is 4.60. The van der Waals surface area contributed by atoms with Crippen molar-refractivity contribution in [3.05, 3.63) is 15.6 Å². The van der Waals surface area contributed by atoms with E-state index in [1.807, 2.05) is 13.8 Å². The Hall–Kier alpha value is -1.43. The summed E-state index contributed by atoms with van der Waals surface area (Å²) in [6, 6.07) is 0. The van der Waals surface area contributed by atoms with Gasteiger partial charge in [-0.1, -0.05) is 0 Å². The number of aliphatic carboxylic acids is 1. The Morgan fingerprint density at radius 3 is 2.83 bits per heavy atom. The predicted molar refractivity (Wildman–Crippen MR) is 67.4 cm³/mol. The highest BCUT2D eigenvalue weighted by molar-refractivity contribution is 7.11. The second-order valence-corrected chi connectivity index (χ2v) is 5.89. The smallest absolute Gasteiger partial charge is 0.308 e. The molecule has 2 rings (SSSR count). The summed E-state index contributed by atoms with van der Waals surface area (Å²) in [5.41, 5.74) is 0.981. The number of hydrogen-bond donors (Lipinski definition) is 1. The van der Waals surface area contributed by atoms with Gasteiger partial charge in [0.25, 0.3) is 0 Å². The molecule has 0 radical (unpaired) electrons. The van der Waals surface area contributed by atoms with Crippen molar-refractivity contribution in [2.75, 3.05) is 6.54 Å². The zero-order valence-corrected chi connectivity index (χ0v) is 11.3. The van der Waals surface area contributed by atoms with Crippen LogP contribution in [0.2, 0.25) is 0 Å². The van der Waals surface area contributed by atoms with Gasteiger partial charge >= 0.3 is 5.97 Å². The first-order valence-corrected chi connectivity index (χ1v) is 6.72. The molecule has 1 aromatic heterocycles. The van der Waals surface area contributed by atoms with Crippen molar-refractivity contribution >= 4 is 23.2 Å². The summed E-state index contributed by atoms with van der Waals surface area (Å²) in [5.74, 6) is -1.23. The molecule has 0 aliphatic carbocycles. The van der Waals surface area contributed by atoms with Crippen LogP contribution in [0.25, 0.3) is 0 Å². The number of rotatable bonds is 3. The molecule has 0 spiro atoms. The molecule has 18 heavy (non-hydrogen) atoms. The molecule has 1 aliphatic rings. The van der Waals surface area contributed by atoms with Crippen molar-refractivity contribution in [2.24, 2.45) is 5.92 Å².